The number of anilines is 2. The van der Waals surface area contributed by atoms with E-state index in [0.717, 1.165) is 16.8 Å². The molecule has 3 rings (SSSR count). The summed E-state index contributed by atoms with van der Waals surface area (Å²) in [6.45, 7) is 1.92. The van der Waals surface area contributed by atoms with Crippen LogP contribution in [0.15, 0.2) is 60.8 Å². The van der Waals surface area contributed by atoms with E-state index in [1.54, 1.807) is 6.20 Å². The van der Waals surface area contributed by atoms with E-state index < -0.39 is 0 Å². The average Bonchev–Trinajstić information content (AvgIpc) is 2.56. The van der Waals surface area contributed by atoms with Crippen molar-refractivity contribution >= 4 is 11.6 Å². The van der Waals surface area contributed by atoms with Gasteiger partial charge in [-0.25, -0.2) is 9.97 Å². The van der Waals surface area contributed by atoms with Crippen molar-refractivity contribution in [3.8, 4) is 17.2 Å². The number of rotatable bonds is 3. The zero-order valence-electron chi connectivity index (χ0n) is 12.1. The van der Waals surface area contributed by atoms with Crippen LogP contribution in [0.2, 0.25) is 0 Å². The molecule has 1 aromatic carbocycles. The number of nitrogens with one attached hydrogen (secondary N) is 1. The third-order valence-corrected chi connectivity index (χ3v) is 3.25. The molecule has 0 spiro atoms. The van der Waals surface area contributed by atoms with E-state index in [-0.39, 0.29) is 0 Å². The van der Waals surface area contributed by atoms with Gasteiger partial charge in [0.1, 0.15) is 17.7 Å². The predicted molar refractivity (Wildman–Crippen MR) is 86.6 cm³/mol. The number of nitrogens with zero attached hydrogens (tertiary/aromatic N) is 3. The second-order valence-electron chi connectivity index (χ2n) is 4.89. The Balaban J connectivity index is 1.95. The molecule has 0 aliphatic heterocycles. The summed E-state index contributed by atoms with van der Waals surface area (Å²) in [5.74, 6) is 1.19. The minimum absolute atomic E-state index is 0.490. The fourth-order valence-corrected chi connectivity index (χ4v) is 2.17. The quantitative estimate of drug-likeness (QED) is 0.788. The van der Waals surface area contributed by atoms with Crippen molar-refractivity contribution in [3.05, 3.63) is 72.1 Å². The molecule has 1 N–H and O–H groups in total. The normalized spacial score (nSPS) is 10.0. The van der Waals surface area contributed by atoms with Gasteiger partial charge in [-0.1, -0.05) is 36.4 Å². The van der Waals surface area contributed by atoms with E-state index >= 15 is 0 Å². The SMILES string of the molecule is Cc1cccc(Nc2ncc(-c3ccccc3)cc2C#N)n1. The Morgan fingerprint density at radius 3 is 2.55 bits per heavy atom. The van der Waals surface area contributed by atoms with Gasteiger partial charge in [-0.05, 0) is 30.7 Å². The van der Waals surface area contributed by atoms with E-state index in [0.29, 0.717) is 17.2 Å². The Labute approximate surface area is 129 Å². The molecule has 3 aromatic rings. The molecular formula is C18H14N4. The third kappa shape index (κ3) is 2.94. The van der Waals surface area contributed by atoms with Gasteiger partial charge >= 0.3 is 0 Å². The summed E-state index contributed by atoms with van der Waals surface area (Å²) in [6.07, 6.45) is 1.76. The summed E-state index contributed by atoms with van der Waals surface area (Å²) in [6, 6.07) is 19.6. The summed E-state index contributed by atoms with van der Waals surface area (Å²) in [7, 11) is 0. The lowest BCUT2D eigenvalue weighted by Crippen LogP contribution is -2.00. The summed E-state index contributed by atoms with van der Waals surface area (Å²) in [4.78, 5) is 8.74. The molecule has 2 aromatic heterocycles. The number of pyridine rings is 2. The molecule has 0 unspecified atom stereocenters. The first kappa shape index (κ1) is 13.8. The van der Waals surface area contributed by atoms with Gasteiger partial charge in [0.15, 0.2) is 0 Å². The maximum Gasteiger partial charge on any atom is 0.149 e. The first-order chi connectivity index (χ1) is 10.8. The van der Waals surface area contributed by atoms with Crippen molar-refractivity contribution in [2.45, 2.75) is 6.92 Å². The topological polar surface area (TPSA) is 61.6 Å². The monoisotopic (exact) mass is 286 g/mol. The lowest BCUT2D eigenvalue weighted by atomic mass is 10.1. The van der Waals surface area contributed by atoms with Crippen LogP contribution in [0.25, 0.3) is 11.1 Å². The lowest BCUT2D eigenvalue weighted by molar-refractivity contribution is 1.18. The van der Waals surface area contributed by atoms with Crippen LogP contribution < -0.4 is 5.32 Å². The van der Waals surface area contributed by atoms with Gasteiger partial charge in [0.25, 0.3) is 0 Å². The molecule has 4 heteroatoms. The number of benzene rings is 1. The second kappa shape index (κ2) is 6.06. The van der Waals surface area contributed by atoms with Crippen molar-refractivity contribution in [2.24, 2.45) is 0 Å². The third-order valence-electron chi connectivity index (χ3n) is 3.25. The Hall–Kier alpha value is -3.19. The van der Waals surface area contributed by atoms with Crippen LogP contribution in [0.3, 0.4) is 0 Å². The molecule has 0 aliphatic carbocycles. The molecule has 0 fully saturated rings. The van der Waals surface area contributed by atoms with Crippen LogP contribution in [-0.4, -0.2) is 9.97 Å². The Morgan fingerprint density at radius 2 is 1.82 bits per heavy atom. The summed E-state index contributed by atoms with van der Waals surface area (Å²) >= 11 is 0. The molecule has 0 saturated heterocycles. The number of aromatic nitrogens is 2. The molecule has 0 amide bonds. The van der Waals surface area contributed by atoms with Gasteiger partial charge in [-0.3, -0.25) is 0 Å². The minimum atomic E-state index is 0.490. The van der Waals surface area contributed by atoms with Crippen molar-refractivity contribution in [3.63, 3.8) is 0 Å². The molecule has 4 nitrogen and oxygen atoms in total. The highest BCUT2D eigenvalue weighted by molar-refractivity contribution is 5.69. The smallest absolute Gasteiger partial charge is 0.149 e. The standard InChI is InChI=1S/C18H14N4/c1-13-6-5-9-17(21-13)22-18-15(11-19)10-16(12-20-18)14-7-3-2-4-8-14/h2-10,12H,1H3,(H,20,21,22). The first-order valence-corrected chi connectivity index (χ1v) is 6.92. The number of nitriles is 1. The zero-order chi connectivity index (χ0) is 15.4. The van der Waals surface area contributed by atoms with Crippen LogP contribution >= 0.6 is 0 Å². The highest BCUT2D eigenvalue weighted by Gasteiger charge is 2.07. The van der Waals surface area contributed by atoms with Gasteiger partial charge in [-0.2, -0.15) is 5.26 Å². The molecule has 22 heavy (non-hydrogen) atoms. The van der Waals surface area contributed by atoms with Gasteiger partial charge < -0.3 is 5.32 Å². The van der Waals surface area contributed by atoms with E-state index in [4.69, 9.17) is 0 Å². The number of aryl methyl sites for hydroxylation is 1. The largest absolute Gasteiger partial charge is 0.324 e. The number of hydrogen-bond acceptors (Lipinski definition) is 4. The van der Waals surface area contributed by atoms with Crippen LogP contribution in [0.1, 0.15) is 11.3 Å². The Kier molecular flexibility index (Phi) is 3.80. The molecule has 0 bridgehead atoms. The lowest BCUT2D eigenvalue weighted by Gasteiger charge is -2.09. The van der Waals surface area contributed by atoms with Crippen LogP contribution in [0.4, 0.5) is 11.6 Å². The van der Waals surface area contributed by atoms with E-state index in [2.05, 4.69) is 21.4 Å². The summed E-state index contributed by atoms with van der Waals surface area (Å²) in [5, 5.41) is 12.5. The maximum atomic E-state index is 9.37. The molecule has 0 atom stereocenters. The van der Waals surface area contributed by atoms with Crippen molar-refractivity contribution < 1.29 is 0 Å². The van der Waals surface area contributed by atoms with E-state index in [1.165, 1.54) is 0 Å². The molecule has 0 saturated carbocycles. The number of hydrogen-bond donors (Lipinski definition) is 1. The molecule has 106 valence electrons. The zero-order valence-corrected chi connectivity index (χ0v) is 12.1. The first-order valence-electron chi connectivity index (χ1n) is 6.92. The van der Waals surface area contributed by atoms with Gasteiger partial charge in [0.05, 0.1) is 5.56 Å². The fraction of sp³-hybridized carbons (Fsp3) is 0.0556. The van der Waals surface area contributed by atoms with Gasteiger partial charge in [0.2, 0.25) is 0 Å². The fourth-order valence-electron chi connectivity index (χ4n) is 2.17. The summed E-state index contributed by atoms with van der Waals surface area (Å²) in [5.41, 5.74) is 3.35. The van der Waals surface area contributed by atoms with E-state index in [9.17, 15) is 5.26 Å². The Bertz CT molecular complexity index is 835. The van der Waals surface area contributed by atoms with Crippen LogP contribution in [-0.2, 0) is 0 Å². The van der Waals surface area contributed by atoms with Crippen LogP contribution in [0.5, 0.6) is 0 Å². The molecule has 2 heterocycles. The van der Waals surface area contributed by atoms with Crippen LogP contribution in [0, 0.1) is 18.3 Å². The second-order valence-corrected chi connectivity index (χ2v) is 4.89. The minimum Gasteiger partial charge on any atom is -0.324 e. The van der Waals surface area contributed by atoms with Gasteiger partial charge in [-0.15, -0.1) is 0 Å². The highest BCUT2D eigenvalue weighted by Crippen LogP contribution is 2.24. The average molecular weight is 286 g/mol. The maximum absolute atomic E-state index is 9.37. The summed E-state index contributed by atoms with van der Waals surface area (Å²) < 4.78 is 0. The van der Waals surface area contributed by atoms with Crippen molar-refractivity contribution in [1.29, 1.82) is 5.26 Å². The predicted octanol–water partition coefficient (Wildman–Crippen LogP) is 4.07. The van der Waals surface area contributed by atoms with E-state index in [1.807, 2.05) is 61.5 Å². The van der Waals surface area contributed by atoms with Crippen molar-refractivity contribution in [2.75, 3.05) is 5.32 Å². The molecular weight excluding hydrogens is 272 g/mol. The highest BCUT2D eigenvalue weighted by atomic mass is 15.1. The van der Waals surface area contributed by atoms with Gasteiger partial charge in [0, 0.05) is 17.5 Å². The molecule has 0 radical (unpaired) electrons. The van der Waals surface area contributed by atoms with Crippen molar-refractivity contribution in [1.82, 2.24) is 9.97 Å². The Morgan fingerprint density at radius 1 is 1.00 bits per heavy atom. The molecule has 0 aliphatic rings.